The summed E-state index contributed by atoms with van der Waals surface area (Å²) in [5.41, 5.74) is 1.73. The highest BCUT2D eigenvalue weighted by Gasteiger charge is 2.12. The predicted octanol–water partition coefficient (Wildman–Crippen LogP) is 3.70. The van der Waals surface area contributed by atoms with E-state index in [1.165, 1.54) is 6.08 Å². The lowest BCUT2D eigenvalue weighted by Crippen LogP contribution is -2.20. The van der Waals surface area contributed by atoms with Gasteiger partial charge in [0.25, 0.3) is 0 Å². The number of benzene rings is 2. The van der Waals surface area contributed by atoms with Gasteiger partial charge in [0.15, 0.2) is 11.5 Å². The molecule has 5 nitrogen and oxygen atoms in total. The summed E-state index contributed by atoms with van der Waals surface area (Å²) in [6.07, 6.45) is 3.14. The van der Waals surface area contributed by atoms with Crippen LogP contribution in [0.4, 0.5) is 0 Å². The molecule has 2 rings (SSSR count). The second-order valence-electron chi connectivity index (χ2n) is 5.14. The molecular formula is C19H20ClNO4. The van der Waals surface area contributed by atoms with Gasteiger partial charge in [0, 0.05) is 17.6 Å². The zero-order valence-corrected chi connectivity index (χ0v) is 15.1. The molecule has 6 heteroatoms. The normalized spacial score (nSPS) is 10.6. The number of hydrogen-bond donors (Lipinski definition) is 1. The van der Waals surface area contributed by atoms with Gasteiger partial charge in [0.2, 0.25) is 11.7 Å². The van der Waals surface area contributed by atoms with Gasteiger partial charge in [-0.05, 0) is 41.5 Å². The van der Waals surface area contributed by atoms with E-state index in [9.17, 15) is 4.79 Å². The van der Waals surface area contributed by atoms with Crippen LogP contribution in [0.2, 0.25) is 5.02 Å². The minimum absolute atomic E-state index is 0.205. The molecule has 2 aromatic carbocycles. The van der Waals surface area contributed by atoms with Crippen molar-refractivity contribution in [2.45, 2.75) is 6.54 Å². The topological polar surface area (TPSA) is 56.8 Å². The van der Waals surface area contributed by atoms with Crippen molar-refractivity contribution in [1.82, 2.24) is 5.32 Å². The Kier molecular flexibility index (Phi) is 6.71. The Labute approximate surface area is 152 Å². The first-order chi connectivity index (χ1) is 12.1. The Balaban J connectivity index is 2.05. The molecule has 0 saturated heterocycles. The van der Waals surface area contributed by atoms with E-state index in [1.807, 2.05) is 12.1 Å². The lowest BCUT2D eigenvalue weighted by Gasteiger charge is -2.12. The molecule has 25 heavy (non-hydrogen) atoms. The van der Waals surface area contributed by atoms with E-state index in [2.05, 4.69) is 5.32 Å². The number of amides is 1. The van der Waals surface area contributed by atoms with Gasteiger partial charge in [0.05, 0.1) is 21.3 Å². The molecule has 0 fully saturated rings. The van der Waals surface area contributed by atoms with Crippen LogP contribution in [0.25, 0.3) is 6.08 Å². The van der Waals surface area contributed by atoms with Gasteiger partial charge < -0.3 is 19.5 Å². The summed E-state index contributed by atoms with van der Waals surface area (Å²) < 4.78 is 15.9. The highest BCUT2D eigenvalue weighted by atomic mass is 35.5. The molecule has 132 valence electrons. The van der Waals surface area contributed by atoms with Crippen molar-refractivity contribution >= 4 is 23.6 Å². The maximum absolute atomic E-state index is 12.0. The SMILES string of the molecule is COc1cc(/C=C/C(=O)NCc2ccc(Cl)cc2)cc(OC)c1OC. The second-order valence-corrected chi connectivity index (χ2v) is 5.57. The molecule has 0 spiro atoms. The van der Waals surface area contributed by atoms with Gasteiger partial charge in [-0.25, -0.2) is 0 Å². The number of rotatable bonds is 7. The summed E-state index contributed by atoms with van der Waals surface area (Å²) >= 11 is 5.84. The highest BCUT2D eigenvalue weighted by Crippen LogP contribution is 2.38. The number of carbonyl (C=O) groups is 1. The molecule has 1 amide bonds. The van der Waals surface area contributed by atoms with Crippen LogP contribution >= 0.6 is 11.6 Å². The van der Waals surface area contributed by atoms with Gasteiger partial charge in [-0.15, -0.1) is 0 Å². The van der Waals surface area contributed by atoms with E-state index in [0.29, 0.717) is 28.8 Å². The van der Waals surface area contributed by atoms with Crippen LogP contribution in [0.3, 0.4) is 0 Å². The predicted molar refractivity (Wildman–Crippen MR) is 98.4 cm³/mol. The summed E-state index contributed by atoms with van der Waals surface area (Å²) in [6.45, 7) is 0.426. The minimum Gasteiger partial charge on any atom is -0.493 e. The quantitative estimate of drug-likeness (QED) is 0.764. The molecule has 0 saturated carbocycles. The van der Waals surface area contributed by atoms with Crippen molar-refractivity contribution < 1.29 is 19.0 Å². The average molecular weight is 362 g/mol. The van der Waals surface area contributed by atoms with Crippen molar-refractivity contribution in [3.05, 3.63) is 58.6 Å². The fourth-order valence-corrected chi connectivity index (χ4v) is 2.35. The first kappa shape index (κ1) is 18.7. The Morgan fingerprint density at radius 3 is 2.16 bits per heavy atom. The standard InChI is InChI=1S/C19H20ClNO4/c1-23-16-10-14(11-17(24-2)19(16)25-3)6-9-18(22)21-12-13-4-7-15(20)8-5-13/h4-11H,12H2,1-3H3,(H,21,22)/b9-6+. The van der Waals surface area contributed by atoms with E-state index in [1.54, 1.807) is 51.7 Å². The molecule has 0 unspecified atom stereocenters. The Hall–Kier alpha value is -2.66. The zero-order valence-electron chi connectivity index (χ0n) is 14.3. The number of methoxy groups -OCH3 is 3. The monoisotopic (exact) mass is 361 g/mol. The molecule has 0 aliphatic carbocycles. The van der Waals surface area contributed by atoms with Gasteiger partial charge >= 0.3 is 0 Å². The Morgan fingerprint density at radius 2 is 1.64 bits per heavy atom. The number of carbonyl (C=O) groups excluding carboxylic acids is 1. The van der Waals surface area contributed by atoms with E-state index >= 15 is 0 Å². The molecular weight excluding hydrogens is 342 g/mol. The van der Waals surface area contributed by atoms with Crippen LogP contribution in [0.1, 0.15) is 11.1 Å². The van der Waals surface area contributed by atoms with E-state index in [-0.39, 0.29) is 5.91 Å². The molecule has 2 aromatic rings. The summed E-state index contributed by atoms with van der Waals surface area (Å²) in [7, 11) is 4.63. The molecule has 1 N–H and O–H groups in total. The smallest absolute Gasteiger partial charge is 0.244 e. The Morgan fingerprint density at radius 1 is 1.04 bits per heavy atom. The van der Waals surface area contributed by atoms with Crippen LogP contribution in [0.15, 0.2) is 42.5 Å². The molecule has 0 radical (unpaired) electrons. The van der Waals surface area contributed by atoms with Crippen LogP contribution in [0, 0.1) is 0 Å². The van der Waals surface area contributed by atoms with E-state index in [0.717, 1.165) is 11.1 Å². The molecule has 0 heterocycles. The van der Waals surface area contributed by atoms with Gasteiger partial charge in [0.1, 0.15) is 0 Å². The van der Waals surface area contributed by atoms with Crippen molar-refractivity contribution in [2.75, 3.05) is 21.3 Å². The van der Waals surface area contributed by atoms with Crippen LogP contribution in [-0.4, -0.2) is 27.2 Å². The van der Waals surface area contributed by atoms with Crippen molar-refractivity contribution in [1.29, 1.82) is 0 Å². The molecule has 0 aliphatic rings. The van der Waals surface area contributed by atoms with Gasteiger partial charge in [-0.1, -0.05) is 23.7 Å². The largest absolute Gasteiger partial charge is 0.493 e. The maximum Gasteiger partial charge on any atom is 0.244 e. The van der Waals surface area contributed by atoms with Crippen molar-refractivity contribution in [2.24, 2.45) is 0 Å². The van der Waals surface area contributed by atoms with Gasteiger partial charge in [-0.3, -0.25) is 4.79 Å². The second kappa shape index (κ2) is 8.99. The number of nitrogens with one attached hydrogen (secondary N) is 1. The lowest BCUT2D eigenvalue weighted by molar-refractivity contribution is -0.116. The summed E-state index contributed by atoms with van der Waals surface area (Å²) in [5.74, 6) is 1.36. The minimum atomic E-state index is -0.205. The first-order valence-corrected chi connectivity index (χ1v) is 7.95. The van der Waals surface area contributed by atoms with Crippen molar-refractivity contribution in [3.63, 3.8) is 0 Å². The first-order valence-electron chi connectivity index (χ1n) is 7.57. The highest BCUT2D eigenvalue weighted by molar-refractivity contribution is 6.30. The molecule has 0 atom stereocenters. The third-order valence-corrected chi connectivity index (χ3v) is 3.75. The maximum atomic E-state index is 12.0. The summed E-state index contributed by atoms with van der Waals surface area (Å²) in [4.78, 5) is 12.0. The Bertz CT molecular complexity index is 732. The van der Waals surface area contributed by atoms with Crippen LogP contribution in [-0.2, 0) is 11.3 Å². The summed E-state index contributed by atoms with van der Waals surface area (Å²) in [6, 6.07) is 10.8. The fraction of sp³-hybridized carbons (Fsp3) is 0.211. The third kappa shape index (κ3) is 5.16. The van der Waals surface area contributed by atoms with Crippen molar-refractivity contribution in [3.8, 4) is 17.2 Å². The number of hydrogen-bond acceptors (Lipinski definition) is 4. The lowest BCUT2D eigenvalue weighted by atomic mass is 10.1. The van der Waals surface area contributed by atoms with Gasteiger partial charge in [-0.2, -0.15) is 0 Å². The number of halogens is 1. The molecule has 0 bridgehead atoms. The fourth-order valence-electron chi connectivity index (χ4n) is 2.22. The molecule has 0 aromatic heterocycles. The van der Waals surface area contributed by atoms with E-state index in [4.69, 9.17) is 25.8 Å². The summed E-state index contributed by atoms with van der Waals surface area (Å²) in [5, 5.41) is 3.48. The van der Waals surface area contributed by atoms with Crippen LogP contribution < -0.4 is 19.5 Å². The zero-order chi connectivity index (χ0) is 18.2. The van der Waals surface area contributed by atoms with Crippen LogP contribution in [0.5, 0.6) is 17.2 Å². The third-order valence-electron chi connectivity index (χ3n) is 3.49. The average Bonchev–Trinajstić information content (AvgIpc) is 2.64. The molecule has 0 aliphatic heterocycles. The van der Waals surface area contributed by atoms with E-state index < -0.39 is 0 Å². The number of ether oxygens (including phenoxy) is 3.